The number of methoxy groups -OCH3 is 1. The third-order valence-corrected chi connectivity index (χ3v) is 17.4. The summed E-state index contributed by atoms with van der Waals surface area (Å²) in [6.07, 6.45) is -8.57. The van der Waals surface area contributed by atoms with Crippen molar-refractivity contribution in [2.24, 2.45) is 17.8 Å². The highest BCUT2D eigenvalue weighted by Gasteiger charge is 2.53. The molecule has 0 saturated carbocycles. The van der Waals surface area contributed by atoms with Gasteiger partial charge in [0.1, 0.15) is 41.9 Å². The normalized spacial score (nSPS) is 38.2. The number of hydrogen-bond acceptors (Lipinski definition) is 19. The van der Waals surface area contributed by atoms with Gasteiger partial charge in [0.2, 0.25) is 0 Å². The smallest absolute Gasteiger partial charge is 0.414 e. The molecule has 4 fully saturated rings. The molecule has 0 bridgehead atoms. The fraction of sp³-hybridized carbons (Fsp3) is 0.724. The van der Waals surface area contributed by atoms with Crippen molar-refractivity contribution in [2.45, 2.75) is 211 Å². The van der Waals surface area contributed by atoms with Crippen LogP contribution in [-0.2, 0) is 57.5 Å². The Hall–Kier alpha value is -4.27. The number of aromatic nitrogens is 3. The zero-order chi connectivity index (χ0) is 58.8. The van der Waals surface area contributed by atoms with Crippen LogP contribution in [0, 0.1) is 23.6 Å². The number of aliphatic hydroxyl groups excluding tert-OH is 4. The van der Waals surface area contributed by atoms with E-state index in [2.05, 4.69) is 10.3 Å². The maximum atomic E-state index is 15.4. The van der Waals surface area contributed by atoms with Crippen LogP contribution in [0.2, 0.25) is 0 Å². The minimum absolute atomic E-state index is 0.0762. The van der Waals surface area contributed by atoms with Crippen LogP contribution in [0.15, 0.2) is 48.7 Å². The number of benzene rings is 2. The Kier molecular flexibility index (Phi) is 20.7. The lowest BCUT2D eigenvalue weighted by Crippen LogP contribution is -2.61. The van der Waals surface area contributed by atoms with Gasteiger partial charge < -0.3 is 73.6 Å². The Bertz CT molecular complexity index is 2520. The van der Waals surface area contributed by atoms with E-state index in [-0.39, 0.29) is 44.9 Å². The average Bonchev–Trinajstić information content (AvgIpc) is 4.06. The summed E-state index contributed by atoms with van der Waals surface area (Å²) in [5, 5.41) is 78.0. The van der Waals surface area contributed by atoms with E-state index in [1.807, 2.05) is 37.7 Å². The summed E-state index contributed by atoms with van der Waals surface area (Å²) in [6.45, 7) is 18.4. The summed E-state index contributed by atoms with van der Waals surface area (Å²) in [7, 11) is 5.20. The fourth-order valence-corrected chi connectivity index (χ4v) is 12.4. The molecule has 6 N–H and O–H groups in total. The van der Waals surface area contributed by atoms with Crippen LogP contribution >= 0.6 is 0 Å². The number of rotatable bonds is 15. The van der Waals surface area contributed by atoms with Crippen molar-refractivity contribution >= 4 is 17.7 Å². The molecule has 1 amide bonds. The molecule has 0 radical (unpaired) electrons. The van der Waals surface area contributed by atoms with Gasteiger partial charge >= 0.3 is 12.1 Å². The summed E-state index contributed by atoms with van der Waals surface area (Å²) >= 11 is 0. The number of hydrogen-bond donors (Lipinski definition) is 6. The molecule has 0 spiro atoms. The van der Waals surface area contributed by atoms with Gasteiger partial charge in [-0.3, -0.25) is 9.69 Å². The van der Waals surface area contributed by atoms with Crippen molar-refractivity contribution in [1.82, 2.24) is 24.8 Å². The number of carbonyl (C=O) groups is 2. The number of aliphatic hydroxyl groups is 6. The molecule has 4 aliphatic rings. The number of ether oxygens (including phenoxy) is 7. The first-order valence-corrected chi connectivity index (χ1v) is 28.2. The van der Waals surface area contributed by atoms with Crippen molar-refractivity contribution in [3.8, 4) is 11.1 Å². The molecular weight excluding hydrogens is 1040 g/mol. The molecule has 3 aromatic rings. The molecule has 19 atom stereocenters. The van der Waals surface area contributed by atoms with Gasteiger partial charge in [0.15, 0.2) is 12.6 Å². The number of carbonyl (C=O) groups excluding carboxylic acids is 2. The van der Waals surface area contributed by atoms with Gasteiger partial charge in [0.05, 0.1) is 72.6 Å². The molecule has 2 unspecified atom stereocenters. The van der Waals surface area contributed by atoms with Crippen molar-refractivity contribution in [3.05, 3.63) is 65.7 Å². The van der Waals surface area contributed by atoms with Crippen LogP contribution < -0.4 is 4.90 Å². The number of likely N-dealkylation sites (N-methyl/N-ethyl adjacent to an activating group) is 2. The van der Waals surface area contributed by atoms with E-state index in [0.29, 0.717) is 54.0 Å². The molecule has 448 valence electrons. The summed E-state index contributed by atoms with van der Waals surface area (Å²) in [5.74, 6) is -3.42. The fourth-order valence-electron chi connectivity index (χ4n) is 12.4. The Morgan fingerprint density at radius 2 is 1.61 bits per heavy atom. The first-order chi connectivity index (χ1) is 37.6. The molecule has 7 rings (SSSR count). The predicted molar refractivity (Wildman–Crippen MR) is 292 cm³/mol. The summed E-state index contributed by atoms with van der Waals surface area (Å²) in [6, 6.07) is 10.4. The summed E-state index contributed by atoms with van der Waals surface area (Å²) in [4.78, 5) is 32.8. The van der Waals surface area contributed by atoms with Crippen molar-refractivity contribution in [1.29, 1.82) is 0 Å². The highest BCUT2D eigenvalue weighted by molar-refractivity contribution is 5.90. The number of halogens is 1. The Labute approximate surface area is 470 Å². The minimum atomic E-state index is -1.86. The lowest BCUT2D eigenvalue weighted by molar-refractivity contribution is -0.318. The van der Waals surface area contributed by atoms with E-state index in [0.717, 1.165) is 0 Å². The van der Waals surface area contributed by atoms with Gasteiger partial charge in [0.25, 0.3) is 0 Å². The minimum Gasteiger partial charge on any atom is -0.459 e. The number of nitrogens with zero attached hydrogens (tertiary/aromatic N) is 6. The first kappa shape index (κ1) is 63.3. The van der Waals surface area contributed by atoms with Crippen molar-refractivity contribution in [3.63, 3.8) is 0 Å². The van der Waals surface area contributed by atoms with Crippen molar-refractivity contribution < 1.29 is 77.8 Å². The van der Waals surface area contributed by atoms with Crippen LogP contribution in [0.3, 0.4) is 0 Å². The molecule has 1 aromatic heterocycles. The van der Waals surface area contributed by atoms with E-state index < -0.39 is 126 Å². The lowest BCUT2D eigenvalue weighted by atomic mass is 9.77. The van der Waals surface area contributed by atoms with Gasteiger partial charge in [-0.05, 0) is 117 Å². The third kappa shape index (κ3) is 14.2. The third-order valence-electron chi connectivity index (χ3n) is 17.4. The number of anilines is 1. The summed E-state index contributed by atoms with van der Waals surface area (Å²) in [5.41, 5.74) is -1.91. The van der Waals surface area contributed by atoms with E-state index in [1.54, 1.807) is 95.7 Å². The number of cyclic esters (lactones) is 2. The van der Waals surface area contributed by atoms with Gasteiger partial charge in [-0.15, -0.1) is 5.10 Å². The number of amides is 1. The zero-order valence-electron chi connectivity index (χ0n) is 48.8. The molecule has 21 nitrogen and oxygen atoms in total. The van der Waals surface area contributed by atoms with E-state index >= 15 is 4.39 Å². The molecule has 80 heavy (non-hydrogen) atoms. The maximum absolute atomic E-state index is 15.4. The van der Waals surface area contributed by atoms with Crippen molar-refractivity contribution in [2.75, 3.05) is 45.7 Å². The Balaban J connectivity index is 1.07. The topological polar surface area (TPSA) is 261 Å². The molecule has 22 heteroatoms. The van der Waals surface area contributed by atoms with Crippen LogP contribution in [0.25, 0.3) is 11.1 Å². The van der Waals surface area contributed by atoms with E-state index in [9.17, 15) is 40.2 Å². The van der Waals surface area contributed by atoms with Gasteiger partial charge in [-0.2, -0.15) is 0 Å². The van der Waals surface area contributed by atoms with Crippen LogP contribution in [-0.4, -0.2) is 205 Å². The van der Waals surface area contributed by atoms with Gasteiger partial charge in [-0.1, -0.05) is 50.3 Å². The van der Waals surface area contributed by atoms with Gasteiger partial charge in [-0.25, -0.2) is 13.9 Å². The molecule has 0 aliphatic carbocycles. The second kappa shape index (κ2) is 26.1. The lowest BCUT2D eigenvalue weighted by Gasteiger charge is -2.49. The molecule has 2 aromatic carbocycles. The predicted octanol–water partition coefficient (Wildman–Crippen LogP) is 4.43. The van der Waals surface area contributed by atoms with E-state index in [1.165, 1.54) is 25.0 Å². The molecule has 5 heterocycles. The zero-order valence-corrected chi connectivity index (χ0v) is 48.8. The van der Waals surface area contributed by atoms with Gasteiger partial charge in [0, 0.05) is 62.8 Å². The van der Waals surface area contributed by atoms with Crippen LogP contribution in [0.1, 0.15) is 106 Å². The summed E-state index contributed by atoms with van der Waals surface area (Å²) < 4.78 is 61.0. The van der Waals surface area contributed by atoms with Crippen LogP contribution in [0.4, 0.5) is 14.9 Å². The Morgan fingerprint density at radius 1 is 0.912 bits per heavy atom. The second-order valence-corrected chi connectivity index (χ2v) is 24.0. The maximum Gasteiger partial charge on any atom is 0.414 e. The van der Waals surface area contributed by atoms with E-state index in [4.69, 9.17) is 33.2 Å². The first-order valence-electron chi connectivity index (χ1n) is 28.2. The second-order valence-electron chi connectivity index (χ2n) is 24.0. The highest BCUT2D eigenvalue weighted by Crippen LogP contribution is 2.41. The highest BCUT2D eigenvalue weighted by atomic mass is 19.1. The Morgan fingerprint density at radius 3 is 2.26 bits per heavy atom. The molecular formula is C58H89FN6O15. The molecule has 4 saturated heterocycles. The van der Waals surface area contributed by atoms with Crippen LogP contribution in [0.5, 0.6) is 0 Å². The molecule has 4 aliphatic heterocycles. The SMILES string of the molecule is CC[C@H]1OC(=O)[C@H](C)[C@@H](O[C@H]2C[C@@](C)(OC)[C@@H](O)[C@H](C)O2)C(C)[C@@H](O[C@@H]2O[C@H](C)C[C@H](N(C)CCc3cn(C[C@H]4CN(c5ccc(-c6ccc(CO)cc6)c(F)c5)C(=O)O4)nn3)[C@H]2O)[C@](C)(O)C[C@@H](C)CN(C)[C@H](C)C(O)[C@]1(C)O. The number of esters is 1. The quantitative estimate of drug-likeness (QED) is 0.115. The monoisotopic (exact) mass is 1130 g/mol. The average molecular weight is 1130 g/mol. The largest absolute Gasteiger partial charge is 0.459 e. The standard InChI is InChI=1S/C58H89FN6O15/c1-14-46-58(10,73)50(68)36(6)63(12)27-32(2)25-56(8,72)52(34(4)49(35(5)53(70)78-46)79-47-26-57(9,74-13)51(69)37(7)76-47)80-54-48(67)45(23-33(3)75-54)62(11)22-21-40-28-64(61-60-40)29-42-30-65(55(71)77-42)41-19-20-43(44(59)24-41)39-17-15-38(31-66)16-18-39/h15-20,24,28,32-37,42,45-52,54,66-69,72-73H,14,21-23,25-27,29-31H2,1-13H3/t32-,33-,34?,35-,36-,37+,42+,45+,46-,47+,48-,49+,50?,51+,52-,54+,56-,57-,58-/m1/s1.